The van der Waals surface area contributed by atoms with Gasteiger partial charge in [0.1, 0.15) is 2.88 Å². The second-order valence-electron chi connectivity index (χ2n) is 1.91. The lowest BCUT2D eigenvalue weighted by molar-refractivity contribution is 0.996. The van der Waals surface area contributed by atoms with Gasteiger partial charge >= 0.3 is 0 Å². The molecular formula is C6H5Cl2I. The molecule has 0 aromatic rings. The van der Waals surface area contributed by atoms with Crippen LogP contribution in [0.2, 0.25) is 0 Å². The molecule has 0 fully saturated rings. The van der Waals surface area contributed by atoms with E-state index in [1.807, 2.05) is 18.2 Å². The highest BCUT2D eigenvalue weighted by atomic mass is 127. The van der Waals surface area contributed by atoms with Crippen LogP contribution in [-0.2, 0) is 0 Å². The molecule has 0 amide bonds. The fourth-order valence-electron chi connectivity index (χ4n) is 0.636. The summed E-state index contributed by atoms with van der Waals surface area (Å²) >= 11 is 13.8. The van der Waals surface area contributed by atoms with Gasteiger partial charge in [0.2, 0.25) is 0 Å². The summed E-state index contributed by atoms with van der Waals surface area (Å²) in [6.07, 6.45) is 6.40. The van der Waals surface area contributed by atoms with E-state index in [0.717, 1.165) is 11.5 Å². The maximum atomic E-state index is 5.94. The molecule has 1 unspecified atom stereocenters. The van der Waals surface area contributed by atoms with E-state index >= 15 is 0 Å². The van der Waals surface area contributed by atoms with Gasteiger partial charge in [-0.3, -0.25) is 0 Å². The number of hydrogen-bond donors (Lipinski definition) is 0. The average molecular weight is 275 g/mol. The first-order valence-electron chi connectivity index (χ1n) is 2.52. The Morgan fingerprint density at radius 3 is 2.67 bits per heavy atom. The third kappa shape index (κ3) is 2.48. The zero-order valence-electron chi connectivity index (χ0n) is 4.57. The van der Waals surface area contributed by atoms with E-state index in [1.54, 1.807) is 0 Å². The monoisotopic (exact) mass is 274 g/mol. The normalized spacial score (nSPS) is 34.3. The number of hydrogen-bond acceptors (Lipinski definition) is 0. The third-order valence-electron chi connectivity index (χ3n) is 1.02. The van der Waals surface area contributed by atoms with Gasteiger partial charge in [0, 0.05) is 11.5 Å². The lowest BCUT2D eigenvalue weighted by Crippen LogP contribution is -2.09. The second kappa shape index (κ2) is 2.81. The summed E-state index contributed by atoms with van der Waals surface area (Å²) in [5.74, 6) is 0. The lowest BCUT2D eigenvalue weighted by Gasteiger charge is -2.16. The number of rotatable bonds is 0. The van der Waals surface area contributed by atoms with E-state index in [-0.39, 0.29) is 2.88 Å². The van der Waals surface area contributed by atoms with Crippen LogP contribution < -0.4 is 0 Å². The van der Waals surface area contributed by atoms with Crippen molar-refractivity contribution in [2.45, 2.75) is 9.30 Å². The van der Waals surface area contributed by atoms with Gasteiger partial charge in [0.25, 0.3) is 0 Å². The molecule has 50 valence electrons. The Balaban J connectivity index is 2.73. The van der Waals surface area contributed by atoms with Crippen LogP contribution in [0.4, 0.5) is 0 Å². The minimum absolute atomic E-state index is 0.288. The Morgan fingerprint density at radius 1 is 1.67 bits per heavy atom. The van der Waals surface area contributed by atoms with Crippen molar-refractivity contribution in [1.29, 1.82) is 0 Å². The van der Waals surface area contributed by atoms with Crippen molar-refractivity contribution in [2.24, 2.45) is 0 Å². The molecule has 1 aliphatic carbocycles. The molecule has 0 aromatic carbocycles. The molecule has 0 spiro atoms. The van der Waals surface area contributed by atoms with Gasteiger partial charge in [-0.2, -0.15) is 0 Å². The summed E-state index contributed by atoms with van der Waals surface area (Å²) in [5, 5.41) is 0.821. The van der Waals surface area contributed by atoms with Crippen LogP contribution in [0.1, 0.15) is 6.42 Å². The quantitative estimate of drug-likeness (QED) is 0.469. The maximum absolute atomic E-state index is 5.94. The van der Waals surface area contributed by atoms with Crippen molar-refractivity contribution in [3.05, 3.63) is 23.3 Å². The summed E-state index contributed by atoms with van der Waals surface area (Å²) in [7, 11) is 0. The molecule has 1 rings (SSSR count). The maximum Gasteiger partial charge on any atom is 0.119 e. The van der Waals surface area contributed by atoms with Crippen LogP contribution in [0.25, 0.3) is 0 Å². The molecule has 0 aromatic heterocycles. The number of alkyl halides is 2. The third-order valence-corrected chi connectivity index (χ3v) is 2.28. The molecule has 3 heteroatoms. The van der Waals surface area contributed by atoms with Gasteiger partial charge in [0.05, 0.1) is 0 Å². The van der Waals surface area contributed by atoms with Crippen molar-refractivity contribution in [3.8, 4) is 0 Å². The predicted molar refractivity (Wildman–Crippen MR) is 50.3 cm³/mol. The van der Waals surface area contributed by atoms with Gasteiger partial charge in [-0.1, -0.05) is 46.3 Å². The van der Waals surface area contributed by atoms with Crippen LogP contribution in [-0.4, -0.2) is 2.88 Å². The molecule has 0 nitrogen and oxygen atoms in total. The van der Waals surface area contributed by atoms with Crippen molar-refractivity contribution >= 4 is 45.8 Å². The summed E-state index contributed by atoms with van der Waals surface area (Å²) in [4.78, 5) is 0. The Bertz CT molecular complexity index is 170. The summed E-state index contributed by atoms with van der Waals surface area (Å²) in [6, 6.07) is 0. The van der Waals surface area contributed by atoms with Crippen molar-refractivity contribution in [2.75, 3.05) is 0 Å². The molecule has 0 saturated carbocycles. The standard InChI is InChI=1S/C6H5Cl2I/c7-5-2-1-3-6(8,9)4-5/h1-3H,4H2. The number of halogens is 3. The van der Waals surface area contributed by atoms with E-state index in [2.05, 4.69) is 22.6 Å². The molecule has 0 heterocycles. The smallest absolute Gasteiger partial charge is 0.103 e. The Morgan fingerprint density at radius 2 is 2.33 bits per heavy atom. The minimum Gasteiger partial charge on any atom is -0.103 e. The van der Waals surface area contributed by atoms with E-state index in [1.165, 1.54) is 0 Å². The molecule has 9 heavy (non-hydrogen) atoms. The molecule has 0 N–H and O–H groups in total. The van der Waals surface area contributed by atoms with Crippen molar-refractivity contribution < 1.29 is 0 Å². The van der Waals surface area contributed by atoms with Crippen molar-refractivity contribution in [3.63, 3.8) is 0 Å². The minimum atomic E-state index is -0.288. The summed E-state index contributed by atoms with van der Waals surface area (Å²) in [5.41, 5.74) is 0. The Kier molecular flexibility index (Phi) is 2.46. The van der Waals surface area contributed by atoms with Crippen molar-refractivity contribution in [1.82, 2.24) is 0 Å². The lowest BCUT2D eigenvalue weighted by atomic mass is 10.2. The summed E-state index contributed by atoms with van der Waals surface area (Å²) < 4.78 is -0.288. The highest BCUT2D eigenvalue weighted by Gasteiger charge is 2.22. The molecule has 0 bridgehead atoms. The van der Waals surface area contributed by atoms with E-state index in [4.69, 9.17) is 23.2 Å². The van der Waals surface area contributed by atoms with E-state index in [9.17, 15) is 0 Å². The number of allylic oxidation sites excluding steroid dienone is 4. The first-order chi connectivity index (χ1) is 4.10. The molecule has 1 atom stereocenters. The van der Waals surface area contributed by atoms with Crippen LogP contribution >= 0.6 is 45.8 Å². The molecule has 0 aliphatic heterocycles. The van der Waals surface area contributed by atoms with Gasteiger partial charge in [-0.25, -0.2) is 0 Å². The van der Waals surface area contributed by atoms with Crippen LogP contribution in [0.5, 0.6) is 0 Å². The topological polar surface area (TPSA) is 0 Å². The SMILES string of the molecule is ClC1=CC=CC(Cl)(I)C1. The van der Waals surface area contributed by atoms with Gasteiger partial charge in [-0.15, -0.1) is 11.6 Å². The molecule has 0 radical (unpaired) electrons. The van der Waals surface area contributed by atoms with Crippen LogP contribution in [0.3, 0.4) is 0 Å². The predicted octanol–water partition coefficient (Wildman–Crippen LogP) is 3.44. The zero-order chi connectivity index (χ0) is 6.91. The first kappa shape index (κ1) is 7.89. The highest BCUT2D eigenvalue weighted by molar-refractivity contribution is 14.1. The Labute approximate surface area is 78.0 Å². The largest absolute Gasteiger partial charge is 0.119 e. The molecular weight excluding hydrogens is 270 g/mol. The van der Waals surface area contributed by atoms with Gasteiger partial charge in [-0.05, 0) is 6.08 Å². The fraction of sp³-hybridized carbons (Fsp3) is 0.333. The van der Waals surface area contributed by atoms with E-state index in [0.29, 0.717) is 0 Å². The molecule has 0 saturated heterocycles. The fourth-order valence-corrected chi connectivity index (χ4v) is 2.05. The second-order valence-corrected chi connectivity index (χ2v) is 5.63. The van der Waals surface area contributed by atoms with Gasteiger partial charge in [0.15, 0.2) is 0 Å². The van der Waals surface area contributed by atoms with Crippen LogP contribution in [0.15, 0.2) is 23.3 Å². The highest BCUT2D eigenvalue weighted by Crippen LogP contribution is 2.36. The summed E-state index contributed by atoms with van der Waals surface area (Å²) in [6.45, 7) is 0. The van der Waals surface area contributed by atoms with Crippen LogP contribution in [0, 0.1) is 0 Å². The average Bonchev–Trinajstić information content (AvgIpc) is 1.60. The van der Waals surface area contributed by atoms with Gasteiger partial charge < -0.3 is 0 Å². The van der Waals surface area contributed by atoms with E-state index < -0.39 is 0 Å². The first-order valence-corrected chi connectivity index (χ1v) is 4.35. The molecule has 1 aliphatic rings. The Hall–Kier alpha value is 0.790. The zero-order valence-corrected chi connectivity index (χ0v) is 8.24.